The van der Waals surface area contributed by atoms with Gasteiger partial charge in [0.1, 0.15) is 0 Å². The predicted molar refractivity (Wildman–Crippen MR) is 47.9 cm³/mol. The molecule has 0 aromatic heterocycles. The molecule has 0 fully saturated rings. The fourth-order valence-corrected chi connectivity index (χ4v) is 0.477. The molecule has 0 atom stereocenters. The number of hydrogen-bond acceptors (Lipinski definition) is 1. The lowest BCUT2D eigenvalue weighted by atomic mass is 10.3. The van der Waals surface area contributed by atoms with E-state index < -0.39 is 23.4 Å². The third-order valence-corrected chi connectivity index (χ3v) is 1.21. The smallest absolute Gasteiger partial charge is 0.303 e. The molecule has 3 nitrogen and oxygen atoms in total. The van der Waals surface area contributed by atoms with Gasteiger partial charge in [-0.15, -0.1) is 0 Å². The van der Waals surface area contributed by atoms with Crippen molar-refractivity contribution in [2.24, 2.45) is 0 Å². The molecule has 0 aliphatic carbocycles. The van der Waals surface area contributed by atoms with Crippen LogP contribution in [0.3, 0.4) is 0 Å². The molecule has 86 valence electrons. The standard InChI is InChI=1S/C6H3F3.C3H6O2.H2O/c7-4-2-1-3-5(8)6(4)9;1-2-3(4)5;/h1-3H;2H2,1H3,(H,4,5);1H2. The first-order valence-corrected chi connectivity index (χ1v) is 3.80. The zero-order chi connectivity index (χ0) is 11.1. The maximum Gasteiger partial charge on any atom is 0.303 e. The fourth-order valence-electron chi connectivity index (χ4n) is 0.477. The molecule has 0 spiro atoms. The highest BCUT2D eigenvalue weighted by Crippen LogP contribution is 2.07. The molecule has 15 heavy (non-hydrogen) atoms. The molecule has 0 radical (unpaired) electrons. The van der Waals surface area contributed by atoms with Crippen LogP contribution < -0.4 is 0 Å². The van der Waals surface area contributed by atoms with Crippen LogP contribution in [-0.4, -0.2) is 16.6 Å². The lowest BCUT2D eigenvalue weighted by Crippen LogP contribution is -1.86. The molecule has 3 N–H and O–H groups in total. The van der Waals surface area contributed by atoms with Crippen molar-refractivity contribution in [2.45, 2.75) is 13.3 Å². The van der Waals surface area contributed by atoms with Crippen molar-refractivity contribution in [1.82, 2.24) is 0 Å². The summed E-state index contributed by atoms with van der Waals surface area (Å²) < 4.78 is 35.9. The van der Waals surface area contributed by atoms with E-state index in [-0.39, 0.29) is 11.9 Å². The van der Waals surface area contributed by atoms with Gasteiger partial charge in [-0.1, -0.05) is 13.0 Å². The lowest BCUT2D eigenvalue weighted by molar-refractivity contribution is -0.136. The summed E-state index contributed by atoms with van der Waals surface area (Å²) >= 11 is 0. The van der Waals surface area contributed by atoms with E-state index in [0.717, 1.165) is 18.2 Å². The van der Waals surface area contributed by atoms with E-state index in [4.69, 9.17) is 5.11 Å². The zero-order valence-electron chi connectivity index (χ0n) is 7.93. The second kappa shape index (κ2) is 7.81. The van der Waals surface area contributed by atoms with Crippen molar-refractivity contribution in [2.75, 3.05) is 0 Å². The van der Waals surface area contributed by atoms with Crippen molar-refractivity contribution in [3.05, 3.63) is 35.7 Å². The molecule has 1 rings (SSSR count). The summed E-state index contributed by atoms with van der Waals surface area (Å²) in [5, 5.41) is 7.72. The largest absolute Gasteiger partial charge is 0.481 e. The Kier molecular flexibility index (Phi) is 8.27. The van der Waals surface area contributed by atoms with E-state index in [1.807, 2.05) is 0 Å². The molecule has 0 amide bonds. The Morgan fingerprint density at radius 2 is 1.60 bits per heavy atom. The zero-order valence-corrected chi connectivity index (χ0v) is 7.93. The first kappa shape index (κ1) is 15.9. The molecule has 0 bridgehead atoms. The maximum atomic E-state index is 12.0. The topological polar surface area (TPSA) is 68.8 Å². The monoisotopic (exact) mass is 224 g/mol. The Morgan fingerprint density at radius 1 is 1.27 bits per heavy atom. The van der Waals surface area contributed by atoms with Crippen molar-refractivity contribution in [3.63, 3.8) is 0 Å². The van der Waals surface area contributed by atoms with Crippen LogP contribution >= 0.6 is 0 Å². The molecular weight excluding hydrogens is 213 g/mol. The summed E-state index contributed by atoms with van der Waals surface area (Å²) in [4.78, 5) is 9.37. The van der Waals surface area contributed by atoms with Crippen molar-refractivity contribution >= 4 is 5.97 Å². The van der Waals surface area contributed by atoms with Gasteiger partial charge in [-0.05, 0) is 12.1 Å². The van der Waals surface area contributed by atoms with E-state index in [0.29, 0.717) is 0 Å². The van der Waals surface area contributed by atoms with Crippen LogP contribution in [0.25, 0.3) is 0 Å². The maximum absolute atomic E-state index is 12.0. The predicted octanol–water partition coefficient (Wildman–Crippen LogP) is 1.76. The minimum Gasteiger partial charge on any atom is -0.481 e. The van der Waals surface area contributed by atoms with Gasteiger partial charge in [0.15, 0.2) is 17.5 Å². The second-order valence-electron chi connectivity index (χ2n) is 2.28. The summed E-state index contributed by atoms with van der Waals surface area (Å²) in [6.07, 6.45) is 0.222. The SMILES string of the molecule is CCC(=O)O.Fc1cccc(F)c1F.O. The molecule has 0 aliphatic rings. The Bertz CT molecular complexity index is 295. The summed E-state index contributed by atoms with van der Waals surface area (Å²) in [6, 6.07) is 2.82. The van der Waals surface area contributed by atoms with E-state index in [1.54, 1.807) is 6.92 Å². The quantitative estimate of drug-likeness (QED) is 0.738. The van der Waals surface area contributed by atoms with Gasteiger partial charge in [0.05, 0.1) is 0 Å². The van der Waals surface area contributed by atoms with Crippen LogP contribution in [0.4, 0.5) is 13.2 Å². The van der Waals surface area contributed by atoms with E-state index in [1.165, 1.54) is 0 Å². The van der Waals surface area contributed by atoms with Gasteiger partial charge < -0.3 is 10.6 Å². The molecule has 6 heteroatoms. The number of carbonyl (C=O) groups is 1. The number of hydrogen-bond donors (Lipinski definition) is 1. The normalized spacial score (nSPS) is 8.27. The molecule has 0 aliphatic heterocycles. The van der Waals surface area contributed by atoms with Crippen LogP contribution in [0.5, 0.6) is 0 Å². The van der Waals surface area contributed by atoms with E-state index in [9.17, 15) is 18.0 Å². The number of halogens is 3. The third kappa shape index (κ3) is 6.50. The molecule has 0 unspecified atom stereocenters. The molecule has 1 aromatic carbocycles. The van der Waals surface area contributed by atoms with E-state index >= 15 is 0 Å². The Labute approximate surface area is 84.5 Å². The van der Waals surface area contributed by atoms with E-state index in [2.05, 4.69) is 0 Å². The van der Waals surface area contributed by atoms with Gasteiger partial charge in [0, 0.05) is 6.42 Å². The molecule has 0 saturated carbocycles. The van der Waals surface area contributed by atoms with Gasteiger partial charge in [-0.3, -0.25) is 4.79 Å². The van der Waals surface area contributed by atoms with Crippen LogP contribution in [0.1, 0.15) is 13.3 Å². The molecule has 0 saturated heterocycles. The van der Waals surface area contributed by atoms with Gasteiger partial charge in [-0.25, -0.2) is 13.2 Å². The Balaban J connectivity index is 0. The number of benzene rings is 1. The first-order chi connectivity index (χ1) is 6.49. The third-order valence-electron chi connectivity index (χ3n) is 1.21. The average molecular weight is 224 g/mol. The second-order valence-corrected chi connectivity index (χ2v) is 2.28. The first-order valence-electron chi connectivity index (χ1n) is 3.80. The number of rotatable bonds is 1. The van der Waals surface area contributed by atoms with Gasteiger partial charge in [0.25, 0.3) is 0 Å². The molecule has 1 aromatic rings. The van der Waals surface area contributed by atoms with Crippen molar-refractivity contribution < 1.29 is 28.5 Å². The summed E-state index contributed by atoms with van der Waals surface area (Å²) in [5.41, 5.74) is 0. The number of carboxylic acid groups (broad SMARTS) is 1. The summed E-state index contributed by atoms with van der Waals surface area (Å²) in [7, 11) is 0. The molecular formula is C9H11F3O3. The minimum atomic E-state index is -1.42. The Morgan fingerprint density at radius 3 is 1.80 bits per heavy atom. The summed E-state index contributed by atoms with van der Waals surface area (Å²) in [6.45, 7) is 1.60. The molecule has 0 heterocycles. The van der Waals surface area contributed by atoms with Crippen LogP contribution in [0.2, 0.25) is 0 Å². The fraction of sp³-hybridized carbons (Fsp3) is 0.222. The van der Waals surface area contributed by atoms with Gasteiger partial charge in [-0.2, -0.15) is 0 Å². The van der Waals surface area contributed by atoms with Crippen molar-refractivity contribution in [3.8, 4) is 0 Å². The van der Waals surface area contributed by atoms with Crippen molar-refractivity contribution in [1.29, 1.82) is 0 Å². The Hall–Kier alpha value is -1.56. The summed E-state index contributed by atoms with van der Waals surface area (Å²) in [5.74, 6) is -4.48. The number of carboxylic acids is 1. The van der Waals surface area contributed by atoms with Crippen LogP contribution in [0, 0.1) is 17.5 Å². The lowest BCUT2D eigenvalue weighted by Gasteiger charge is -1.90. The average Bonchev–Trinajstić information content (AvgIpc) is 2.15. The van der Waals surface area contributed by atoms with Gasteiger partial charge in [0.2, 0.25) is 0 Å². The highest BCUT2D eigenvalue weighted by molar-refractivity contribution is 5.66. The highest BCUT2D eigenvalue weighted by Gasteiger charge is 2.04. The minimum absolute atomic E-state index is 0. The van der Waals surface area contributed by atoms with Crippen LogP contribution in [0.15, 0.2) is 18.2 Å². The number of aliphatic carboxylic acids is 1. The van der Waals surface area contributed by atoms with Gasteiger partial charge >= 0.3 is 5.97 Å². The highest BCUT2D eigenvalue weighted by atomic mass is 19.2. The van der Waals surface area contributed by atoms with Crippen LogP contribution in [-0.2, 0) is 4.79 Å².